The molecular weight excluding hydrogens is 479 g/mol. The smallest absolute Gasteiger partial charge is 0.234 e. The highest BCUT2D eigenvalue weighted by molar-refractivity contribution is 6.03. The molecule has 1 aliphatic heterocycles. The van der Waals surface area contributed by atoms with Crippen LogP contribution in [0.25, 0.3) is 16.6 Å². The van der Waals surface area contributed by atoms with Gasteiger partial charge in [0.15, 0.2) is 0 Å². The van der Waals surface area contributed by atoms with Gasteiger partial charge in [0.2, 0.25) is 5.91 Å². The number of amides is 1. The fourth-order valence-electron chi connectivity index (χ4n) is 5.48. The van der Waals surface area contributed by atoms with E-state index in [1.165, 1.54) is 12.1 Å². The van der Waals surface area contributed by atoms with Crippen LogP contribution in [0.2, 0.25) is 0 Å². The van der Waals surface area contributed by atoms with Crippen molar-refractivity contribution in [1.82, 2.24) is 24.9 Å². The Morgan fingerprint density at radius 2 is 1.71 bits per heavy atom. The second-order valence-electron chi connectivity index (χ2n) is 10.4. The first kappa shape index (κ1) is 24.1. The first-order chi connectivity index (χ1) is 18.3. The zero-order valence-corrected chi connectivity index (χ0v) is 21.5. The Kier molecular flexibility index (Phi) is 5.84. The molecule has 0 aliphatic carbocycles. The van der Waals surface area contributed by atoms with E-state index >= 15 is 0 Å². The molecular formula is C30H29FN6O. The standard InChI is InChI=1S/C30H29FN6O/c1-30(2)28(32-19-23-15-16-35(3)34-23)27(20-7-5-4-6-8-20)36(29(30)38)25-13-14-26-21(17-25)18-33-37(26)24-11-9-22(31)10-12-24/h4-18,27-28,32H,19H2,1-3H3/t27-,28-/m1/s1. The van der Waals surface area contributed by atoms with Crippen molar-refractivity contribution in [2.75, 3.05) is 4.90 Å². The molecule has 7 nitrogen and oxygen atoms in total. The number of benzene rings is 3. The summed E-state index contributed by atoms with van der Waals surface area (Å²) >= 11 is 0. The molecule has 1 aliphatic rings. The van der Waals surface area contributed by atoms with Crippen LogP contribution in [0, 0.1) is 11.2 Å². The summed E-state index contributed by atoms with van der Waals surface area (Å²) < 4.78 is 17.0. The van der Waals surface area contributed by atoms with Gasteiger partial charge >= 0.3 is 0 Å². The number of hydrogen-bond acceptors (Lipinski definition) is 4. The third kappa shape index (κ3) is 4.07. The molecule has 2 aromatic heterocycles. The van der Waals surface area contributed by atoms with Crippen LogP contribution >= 0.6 is 0 Å². The number of hydrogen-bond donors (Lipinski definition) is 1. The third-order valence-electron chi connectivity index (χ3n) is 7.46. The van der Waals surface area contributed by atoms with E-state index < -0.39 is 5.41 Å². The van der Waals surface area contributed by atoms with Crippen LogP contribution in [0.1, 0.15) is 31.1 Å². The highest BCUT2D eigenvalue weighted by Gasteiger charge is 2.54. The highest BCUT2D eigenvalue weighted by atomic mass is 19.1. The van der Waals surface area contributed by atoms with E-state index in [-0.39, 0.29) is 23.8 Å². The number of carbonyl (C=O) groups is 1. The summed E-state index contributed by atoms with van der Waals surface area (Å²) in [5.74, 6) is -0.240. The molecule has 1 amide bonds. The van der Waals surface area contributed by atoms with Crippen LogP contribution < -0.4 is 10.2 Å². The summed E-state index contributed by atoms with van der Waals surface area (Å²) in [5, 5.41) is 13.6. The summed E-state index contributed by atoms with van der Waals surface area (Å²) in [7, 11) is 1.90. The molecule has 8 heteroatoms. The largest absolute Gasteiger partial charge is 0.305 e. The molecule has 3 aromatic carbocycles. The summed E-state index contributed by atoms with van der Waals surface area (Å²) in [4.78, 5) is 16.0. The maximum absolute atomic E-state index is 14.0. The van der Waals surface area contributed by atoms with Crippen LogP contribution in [-0.2, 0) is 18.4 Å². The van der Waals surface area contributed by atoms with Gasteiger partial charge in [-0.2, -0.15) is 10.2 Å². The zero-order chi connectivity index (χ0) is 26.4. The molecule has 0 bridgehead atoms. The van der Waals surface area contributed by atoms with Crippen molar-refractivity contribution < 1.29 is 9.18 Å². The second kappa shape index (κ2) is 9.22. The van der Waals surface area contributed by atoms with Gasteiger partial charge in [0.05, 0.1) is 34.6 Å². The minimum Gasteiger partial charge on any atom is -0.305 e. The van der Waals surface area contributed by atoms with E-state index in [1.807, 2.05) is 74.5 Å². The first-order valence-electron chi connectivity index (χ1n) is 12.7. The number of fused-ring (bicyclic) bond motifs is 1. The Morgan fingerprint density at radius 1 is 0.974 bits per heavy atom. The number of rotatable bonds is 6. The fraction of sp³-hybridized carbons (Fsp3) is 0.233. The van der Waals surface area contributed by atoms with Crippen LogP contribution in [0.4, 0.5) is 10.1 Å². The lowest BCUT2D eigenvalue weighted by Gasteiger charge is -2.31. The third-order valence-corrected chi connectivity index (χ3v) is 7.46. The van der Waals surface area contributed by atoms with Crippen molar-refractivity contribution in [2.45, 2.75) is 32.5 Å². The number of halogens is 1. The van der Waals surface area contributed by atoms with E-state index in [0.29, 0.717) is 6.54 Å². The Bertz CT molecular complexity index is 1610. The minimum absolute atomic E-state index is 0.0511. The maximum Gasteiger partial charge on any atom is 0.234 e. The predicted molar refractivity (Wildman–Crippen MR) is 145 cm³/mol. The van der Waals surface area contributed by atoms with Crippen LogP contribution in [0.5, 0.6) is 0 Å². The summed E-state index contributed by atoms with van der Waals surface area (Å²) in [6.45, 7) is 4.57. The van der Waals surface area contributed by atoms with Gasteiger partial charge in [-0.05, 0) is 67.9 Å². The van der Waals surface area contributed by atoms with Gasteiger partial charge in [-0.25, -0.2) is 9.07 Å². The van der Waals surface area contributed by atoms with E-state index in [0.717, 1.165) is 33.5 Å². The van der Waals surface area contributed by atoms with Gasteiger partial charge in [0.25, 0.3) is 0 Å². The normalized spacial score (nSPS) is 18.9. The molecule has 1 saturated heterocycles. The molecule has 1 N–H and O–H groups in total. The van der Waals surface area contributed by atoms with Crippen LogP contribution in [-0.4, -0.2) is 31.5 Å². The van der Waals surface area contributed by atoms with Gasteiger partial charge in [0.1, 0.15) is 5.82 Å². The molecule has 0 radical (unpaired) electrons. The lowest BCUT2D eigenvalue weighted by molar-refractivity contribution is -0.124. The molecule has 0 saturated carbocycles. The molecule has 0 spiro atoms. The average molecular weight is 509 g/mol. The molecule has 1 fully saturated rings. The van der Waals surface area contributed by atoms with Crippen molar-refractivity contribution in [3.8, 4) is 5.69 Å². The number of aryl methyl sites for hydroxylation is 1. The number of carbonyl (C=O) groups excluding carboxylic acids is 1. The monoisotopic (exact) mass is 508 g/mol. The molecule has 3 heterocycles. The molecule has 2 atom stereocenters. The van der Waals surface area contributed by atoms with Crippen molar-refractivity contribution in [1.29, 1.82) is 0 Å². The lowest BCUT2D eigenvalue weighted by atomic mass is 9.82. The predicted octanol–water partition coefficient (Wildman–Crippen LogP) is 5.17. The molecule has 6 rings (SSSR count). The molecule has 0 unspecified atom stereocenters. The van der Waals surface area contributed by atoms with Gasteiger partial charge < -0.3 is 10.2 Å². The van der Waals surface area contributed by atoms with Crippen LogP contribution in [0.3, 0.4) is 0 Å². The van der Waals surface area contributed by atoms with E-state index in [9.17, 15) is 9.18 Å². The second-order valence-corrected chi connectivity index (χ2v) is 10.4. The number of nitrogens with one attached hydrogen (secondary N) is 1. The molecule has 38 heavy (non-hydrogen) atoms. The highest BCUT2D eigenvalue weighted by Crippen LogP contribution is 2.47. The van der Waals surface area contributed by atoms with Crippen LogP contribution in [0.15, 0.2) is 91.3 Å². The van der Waals surface area contributed by atoms with Crippen molar-refractivity contribution in [3.63, 3.8) is 0 Å². The van der Waals surface area contributed by atoms with Gasteiger partial charge in [-0.15, -0.1) is 0 Å². The van der Waals surface area contributed by atoms with Crippen molar-refractivity contribution >= 4 is 22.5 Å². The lowest BCUT2D eigenvalue weighted by Crippen LogP contribution is -2.43. The van der Waals surface area contributed by atoms with E-state index in [4.69, 9.17) is 0 Å². The quantitative estimate of drug-likeness (QED) is 0.344. The Morgan fingerprint density at radius 3 is 2.42 bits per heavy atom. The topological polar surface area (TPSA) is 68.0 Å². The fourth-order valence-corrected chi connectivity index (χ4v) is 5.48. The van der Waals surface area contributed by atoms with Crippen molar-refractivity contribution in [3.05, 3.63) is 108 Å². The SMILES string of the molecule is Cn1ccc(CN[C@@H]2[C@@H](c3ccccc3)N(c3ccc4c(cnn4-c4ccc(F)cc4)c3)C(=O)C2(C)C)n1. The number of anilines is 1. The Hall–Kier alpha value is -4.30. The number of nitrogens with zero attached hydrogens (tertiary/aromatic N) is 5. The average Bonchev–Trinajstić information content (AvgIpc) is 3.58. The Labute approximate surface area is 220 Å². The van der Waals surface area contributed by atoms with E-state index in [2.05, 4.69) is 27.6 Å². The van der Waals surface area contributed by atoms with Crippen molar-refractivity contribution in [2.24, 2.45) is 12.5 Å². The van der Waals surface area contributed by atoms with Gasteiger partial charge in [0, 0.05) is 36.9 Å². The summed E-state index contributed by atoms with van der Waals surface area (Å²) in [5.41, 5.74) is 3.79. The Balaban J connectivity index is 1.40. The maximum atomic E-state index is 14.0. The van der Waals surface area contributed by atoms with Gasteiger partial charge in [-0.3, -0.25) is 9.48 Å². The van der Waals surface area contributed by atoms with E-state index in [1.54, 1.807) is 27.7 Å². The summed E-state index contributed by atoms with van der Waals surface area (Å²) in [6, 6.07) is 24.0. The summed E-state index contributed by atoms with van der Waals surface area (Å²) in [6.07, 6.45) is 3.70. The minimum atomic E-state index is -0.664. The first-order valence-corrected chi connectivity index (χ1v) is 12.7. The van der Waals surface area contributed by atoms with Gasteiger partial charge in [-0.1, -0.05) is 30.3 Å². The zero-order valence-electron chi connectivity index (χ0n) is 21.5. The number of aromatic nitrogens is 4. The molecule has 192 valence electrons. The molecule has 5 aromatic rings.